The molecule has 0 bridgehead atoms. The first kappa shape index (κ1) is 17.8. The summed E-state index contributed by atoms with van der Waals surface area (Å²) in [5.41, 5.74) is 1.02. The Labute approximate surface area is 145 Å². The lowest BCUT2D eigenvalue weighted by molar-refractivity contribution is -0.145. The molecule has 1 N–H and O–H groups in total. The summed E-state index contributed by atoms with van der Waals surface area (Å²) in [7, 11) is 0. The fraction of sp³-hybridized carbons (Fsp3) is 0.158. The molecule has 0 aliphatic heterocycles. The number of rotatable bonds is 8. The van der Waals surface area contributed by atoms with Crippen LogP contribution in [0.4, 0.5) is 0 Å². The highest BCUT2D eigenvalue weighted by Gasteiger charge is 2.18. The zero-order valence-electron chi connectivity index (χ0n) is 12.9. The number of allylic oxidation sites excluding steroid dienone is 1. The predicted molar refractivity (Wildman–Crippen MR) is 92.8 cm³/mol. The number of hydrogen-bond acceptors (Lipinski definition) is 3. The van der Waals surface area contributed by atoms with Gasteiger partial charge in [0.15, 0.2) is 11.9 Å². The molecule has 0 radical (unpaired) electrons. The maximum absolute atomic E-state index is 12.4. The highest BCUT2D eigenvalue weighted by atomic mass is 35.5. The fourth-order valence-corrected chi connectivity index (χ4v) is 2.25. The van der Waals surface area contributed by atoms with Gasteiger partial charge in [-0.1, -0.05) is 17.7 Å². The van der Waals surface area contributed by atoms with Gasteiger partial charge in [0, 0.05) is 16.1 Å². The van der Waals surface area contributed by atoms with Crippen molar-refractivity contribution in [2.24, 2.45) is 0 Å². The van der Waals surface area contributed by atoms with Gasteiger partial charge in [-0.3, -0.25) is 4.79 Å². The molecule has 0 aliphatic carbocycles. The van der Waals surface area contributed by atoms with E-state index >= 15 is 0 Å². The first-order chi connectivity index (χ1) is 11.5. The van der Waals surface area contributed by atoms with Crippen LogP contribution < -0.4 is 4.74 Å². The molecule has 0 saturated heterocycles. The van der Waals surface area contributed by atoms with Crippen LogP contribution in [0, 0.1) is 0 Å². The summed E-state index contributed by atoms with van der Waals surface area (Å²) < 4.78 is 5.46. The van der Waals surface area contributed by atoms with E-state index in [0.717, 1.165) is 0 Å². The Balaban J connectivity index is 2.09. The summed E-state index contributed by atoms with van der Waals surface area (Å²) in [6.45, 7) is 3.57. The van der Waals surface area contributed by atoms with E-state index in [4.69, 9.17) is 21.4 Å². The molecule has 2 aromatic carbocycles. The van der Waals surface area contributed by atoms with Crippen molar-refractivity contribution in [1.82, 2.24) is 0 Å². The van der Waals surface area contributed by atoms with Crippen molar-refractivity contribution in [1.29, 1.82) is 0 Å². The predicted octanol–water partition coefficient (Wildman–Crippen LogP) is 4.37. The Bertz CT molecular complexity index is 720. The summed E-state index contributed by atoms with van der Waals surface area (Å²) in [4.78, 5) is 23.5. The average Bonchev–Trinajstić information content (AvgIpc) is 2.59. The summed E-state index contributed by atoms with van der Waals surface area (Å²) >= 11 is 5.81. The molecule has 0 aliphatic rings. The van der Waals surface area contributed by atoms with Gasteiger partial charge in [0.25, 0.3) is 0 Å². The van der Waals surface area contributed by atoms with E-state index in [-0.39, 0.29) is 5.78 Å². The van der Waals surface area contributed by atoms with Crippen LogP contribution >= 0.6 is 11.6 Å². The van der Waals surface area contributed by atoms with Crippen molar-refractivity contribution in [3.63, 3.8) is 0 Å². The van der Waals surface area contributed by atoms with Crippen LogP contribution in [0.3, 0.4) is 0 Å². The second-order valence-corrected chi connectivity index (χ2v) is 5.61. The normalized spacial score (nSPS) is 11.5. The van der Waals surface area contributed by atoms with E-state index in [9.17, 15) is 9.59 Å². The Morgan fingerprint density at radius 2 is 1.62 bits per heavy atom. The molecule has 1 unspecified atom stereocenters. The number of carbonyl (C=O) groups is 2. The Kier molecular flexibility index (Phi) is 6.15. The number of aliphatic carboxylic acids is 1. The van der Waals surface area contributed by atoms with Crippen LogP contribution in [-0.2, 0) is 4.79 Å². The number of ether oxygens (including phenoxy) is 1. The van der Waals surface area contributed by atoms with E-state index in [1.54, 1.807) is 54.6 Å². The smallest absolute Gasteiger partial charge is 0.344 e. The lowest BCUT2D eigenvalue weighted by Gasteiger charge is -2.14. The second kappa shape index (κ2) is 8.31. The standard InChI is InChI=1S/C19H17ClO4/c1-2-3-4-17(19(22)23)24-16-11-7-14(8-12-16)18(21)13-5-9-15(20)10-6-13/h2,5-12,17H,1,3-4H2,(H,22,23). The molecule has 0 aromatic heterocycles. The molecule has 1 atom stereocenters. The molecule has 5 heteroatoms. The van der Waals surface area contributed by atoms with Gasteiger partial charge in [0.1, 0.15) is 5.75 Å². The number of ketones is 1. The third kappa shape index (κ3) is 4.70. The van der Waals surface area contributed by atoms with E-state index in [1.165, 1.54) is 0 Å². The summed E-state index contributed by atoms with van der Waals surface area (Å²) in [6, 6.07) is 13.0. The highest BCUT2D eigenvalue weighted by molar-refractivity contribution is 6.30. The number of carbonyl (C=O) groups excluding carboxylic acids is 1. The molecule has 2 aromatic rings. The molecule has 4 nitrogen and oxygen atoms in total. The van der Waals surface area contributed by atoms with Crippen molar-refractivity contribution < 1.29 is 19.4 Å². The summed E-state index contributed by atoms with van der Waals surface area (Å²) in [5, 5.41) is 9.72. The Morgan fingerprint density at radius 3 is 2.12 bits per heavy atom. The average molecular weight is 345 g/mol. The number of carboxylic acid groups (broad SMARTS) is 1. The number of halogens is 1. The van der Waals surface area contributed by atoms with E-state index in [2.05, 4.69) is 6.58 Å². The van der Waals surface area contributed by atoms with Crippen LogP contribution in [0.1, 0.15) is 28.8 Å². The van der Waals surface area contributed by atoms with Gasteiger partial charge in [0.05, 0.1) is 0 Å². The molecule has 2 rings (SSSR count). The van der Waals surface area contributed by atoms with Crippen molar-refractivity contribution in [3.05, 3.63) is 77.3 Å². The fourth-order valence-electron chi connectivity index (χ4n) is 2.12. The van der Waals surface area contributed by atoms with Gasteiger partial charge < -0.3 is 9.84 Å². The zero-order chi connectivity index (χ0) is 17.5. The molecular weight excluding hydrogens is 328 g/mol. The third-order valence-corrected chi connectivity index (χ3v) is 3.66. The summed E-state index contributed by atoms with van der Waals surface area (Å²) in [5.74, 6) is -0.767. The molecule has 0 heterocycles. The molecule has 0 saturated carbocycles. The lowest BCUT2D eigenvalue weighted by atomic mass is 10.0. The van der Waals surface area contributed by atoms with Crippen LogP contribution in [0.5, 0.6) is 5.75 Å². The van der Waals surface area contributed by atoms with Crippen LogP contribution in [0.15, 0.2) is 61.2 Å². The zero-order valence-corrected chi connectivity index (χ0v) is 13.7. The minimum Gasteiger partial charge on any atom is -0.479 e. The van der Waals surface area contributed by atoms with Gasteiger partial charge in [-0.15, -0.1) is 6.58 Å². The molecule has 124 valence electrons. The summed E-state index contributed by atoms with van der Waals surface area (Å²) in [6.07, 6.45) is 1.59. The first-order valence-electron chi connectivity index (χ1n) is 7.42. The monoisotopic (exact) mass is 344 g/mol. The van der Waals surface area contributed by atoms with Crippen molar-refractivity contribution in [3.8, 4) is 5.75 Å². The topological polar surface area (TPSA) is 63.6 Å². The van der Waals surface area contributed by atoms with Crippen LogP contribution in [0.25, 0.3) is 0 Å². The number of hydrogen-bond donors (Lipinski definition) is 1. The van der Waals surface area contributed by atoms with Crippen LogP contribution in [-0.4, -0.2) is 23.0 Å². The highest BCUT2D eigenvalue weighted by Crippen LogP contribution is 2.19. The Morgan fingerprint density at radius 1 is 1.08 bits per heavy atom. The Hall–Kier alpha value is -2.59. The molecule has 0 amide bonds. The van der Waals surface area contributed by atoms with Crippen molar-refractivity contribution in [2.75, 3.05) is 0 Å². The van der Waals surface area contributed by atoms with E-state index in [1.807, 2.05) is 0 Å². The van der Waals surface area contributed by atoms with Crippen molar-refractivity contribution in [2.45, 2.75) is 18.9 Å². The van der Waals surface area contributed by atoms with Crippen LogP contribution in [0.2, 0.25) is 5.02 Å². The van der Waals surface area contributed by atoms with Gasteiger partial charge in [-0.05, 0) is 61.4 Å². The van der Waals surface area contributed by atoms with Gasteiger partial charge in [-0.25, -0.2) is 4.79 Å². The second-order valence-electron chi connectivity index (χ2n) is 5.17. The number of carboxylic acids is 1. The van der Waals surface area contributed by atoms with Crippen molar-refractivity contribution >= 4 is 23.4 Å². The van der Waals surface area contributed by atoms with Gasteiger partial charge in [0.2, 0.25) is 0 Å². The molecular formula is C19H17ClO4. The van der Waals surface area contributed by atoms with Gasteiger partial charge >= 0.3 is 5.97 Å². The lowest BCUT2D eigenvalue weighted by Crippen LogP contribution is -2.26. The maximum atomic E-state index is 12.4. The minimum absolute atomic E-state index is 0.139. The SMILES string of the molecule is C=CCCC(Oc1ccc(C(=O)c2ccc(Cl)cc2)cc1)C(=O)O. The third-order valence-electron chi connectivity index (χ3n) is 3.41. The van der Waals surface area contributed by atoms with E-state index in [0.29, 0.717) is 34.7 Å². The van der Waals surface area contributed by atoms with Gasteiger partial charge in [-0.2, -0.15) is 0 Å². The number of benzene rings is 2. The largest absolute Gasteiger partial charge is 0.479 e. The quantitative estimate of drug-likeness (QED) is 0.570. The molecule has 0 spiro atoms. The van der Waals surface area contributed by atoms with E-state index < -0.39 is 12.1 Å². The minimum atomic E-state index is -1.03. The molecule has 24 heavy (non-hydrogen) atoms. The first-order valence-corrected chi connectivity index (χ1v) is 7.79. The maximum Gasteiger partial charge on any atom is 0.344 e. The molecule has 0 fully saturated rings.